The van der Waals surface area contributed by atoms with E-state index < -0.39 is 11.4 Å². The Balaban J connectivity index is 2.87. The van der Waals surface area contributed by atoms with Gasteiger partial charge in [0.1, 0.15) is 0 Å². The largest absolute Gasteiger partial charge is 0.481 e. The van der Waals surface area contributed by atoms with E-state index in [-0.39, 0.29) is 0 Å². The molecular formula is C13H16N2O2. The van der Waals surface area contributed by atoms with Gasteiger partial charge in [-0.1, -0.05) is 6.07 Å². The molecule has 0 aliphatic heterocycles. The van der Waals surface area contributed by atoms with Crippen LogP contribution in [0, 0.1) is 16.7 Å². The lowest BCUT2D eigenvalue weighted by Crippen LogP contribution is -2.37. The van der Waals surface area contributed by atoms with Gasteiger partial charge >= 0.3 is 5.97 Å². The van der Waals surface area contributed by atoms with Gasteiger partial charge in [0.25, 0.3) is 0 Å². The number of anilines is 1. The van der Waals surface area contributed by atoms with Gasteiger partial charge in [0.15, 0.2) is 0 Å². The molecule has 0 fully saturated rings. The number of carboxylic acids is 1. The summed E-state index contributed by atoms with van der Waals surface area (Å²) in [6, 6.07) is 9.18. The van der Waals surface area contributed by atoms with Gasteiger partial charge in [0.2, 0.25) is 0 Å². The number of nitriles is 1. The molecule has 17 heavy (non-hydrogen) atoms. The fourth-order valence-corrected chi connectivity index (χ4v) is 1.56. The van der Waals surface area contributed by atoms with Crippen LogP contribution < -0.4 is 4.90 Å². The number of hydrogen-bond acceptors (Lipinski definition) is 3. The minimum Gasteiger partial charge on any atom is -0.481 e. The van der Waals surface area contributed by atoms with Crippen molar-refractivity contribution in [2.24, 2.45) is 5.41 Å². The third-order valence-electron chi connectivity index (χ3n) is 2.63. The maximum atomic E-state index is 11.0. The van der Waals surface area contributed by atoms with Gasteiger partial charge in [-0.3, -0.25) is 4.79 Å². The monoisotopic (exact) mass is 232 g/mol. The van der Waals surface area contributed by atoms with Gasteiger partial charge in [-0.25, -0.2) is 0 Å². The van der Waals surface area contributed by atoms with Crippen LogP contribution in [0.5, 0.6) is 0 Å². The van der Waals surface area contributed by atoms with E-state index >= 15 is 0 Å². The van der Waals surface area contributed by atoms with Crippen molar-refractivity contribution < 1.29 is 9.90 Å². The van der Waals surface area contributed by atoms with E-state index in [1.54, 1.807) is 32.0 Å². The predicted octanol–water partition coefficient (Wildman–Crippen LogP) is 2.11. The van der Waals surface area contributed by atoms with E-state index in [2.05, 4.69) is 6.07 Å². The second-order valence-electron chi connectivity index (χ2n) is 4.71. The molecule has 4 heteroatoms. The molecule has 0 bridgehead atoms. The number of aliphatic carboxylic acids is 1. The Kier molecular flexibility index (Phi) is 3.74. The number of benzene rings is 1. The molecule has 0 aliphatic rings. The molecule has 90 valence electrons. The molecule has 0 radical (unpaired) electrons. The minimum atomic E-state index is -0.833. The number of carboxylic acid groups (broad SMARTS) is 1. The van der Waals surface area contributed by atoms with Crippen molar-refractivity contribution in [2.45, 2.75) is 13.8 Å². The van der Waals surface area contributed by atoms with E-state index in [9.17, 15) is 4.79 Å². The lowest BCUT2D eigenvalue weighted by Gasteiger charge is -2.28. The van der Waals surface area contributed by atoms with Gasteiger partial charge in [-0.2, -0.15) is 5.26 Å². The van der Waals surface area contributed by atoms with Crippen molar-refractivity contribution in [1.82, 2.24) is 0 Å². The molecule has 1 aromatic rings. The van der Waals surface area contributed by atoms with E-state index in [0.29, 0.717) is 12.1 Å². The Morgan fingerprint density at radius 1 is 1.53 bits per heavy atom. The fraction of sp³-hybridized carbons (Fsp3) is 0.385. The zero-order chi connectivity index (χ0) is 13.1. The number of nitrogens with zero attached hydrogens (tertiary/aromatic N) is 2. The SMILES string of the molecule is CN(CC(C)(C)C(=O)O)c1cccc(C#N)c1. The van der Waals surface area contributed by atoms with Crippen molar-refractivity contribution in [1.29, 1.82) is 5.26 Å². The molecule has 1 aromatic carbocycles. The zero-order valence-corrected chi connectivity index (χ0v) is 10.3. The summed E-state index contributed by atoms with van der Waals surface area (Å²) in [5.74, 6) is -0.833. The highest BCUT2D eigenvalue weighted by Gasteiger charge is 2.28. The number of rotatable bonds is 4. The molecule has 1 rings (SSSR count). The highest BCUT2D eigenvalue weighted by Crippen LogP contribution is 2.21. The number of carbonyl (C=O) groups is 1. The minimum absolute atomic E-state index is 0.386. The molecule has 0 spiro atoms. The van der Waals surface area contributed by atoms with Crippen molar-refractivity contribution in [2.75, 3.05) is 18.5 Å². The maximum Gasteiger partial charge on any atom is 0.310 e. The van der Waals surface area contributed by atoms with Crippen LogP contribution in [0.2, 0.25) is 0 Å². The van der Waals surface area contributed by atoms with Crippen LogP contribution in [-0.2, 0) is 4.79 Å². The summed E-state index contributed by atoms with van der Waals surface area (Å²) in [5, 5.41) is 17.9. The third kappa shape index (κ3) is 3.22. The van der Waals surface area contributed by atoms with Crippen LogP contribution >= 0.6 is 0 Å². The second kappa shape index (κ2) is 4.88. The fourth-order valence-electron chi connectivity index (χ4n) is 1.56. The van der Waals surface area contributed by atoms with Crippen molar-refractivity contribution in [3.8, 4) is 6.07 Å². The third-order valence-corrected chi connectivity index (χ3v) is 2.63. The molecule has 0 unspecified atom stereocenters. The molecule has 0 saturated heterocycles. The lowest BCUT2D eigenvalue weighted by atomic mass is 9.93. The van der Waals surface area contributed by atoms with Crippen LogP contribution in [-0.4, -0.2) is 24.7 Å². The van der Waals surface area contributed by atoms with Crippen LogP contribution in [0.1, 0.15) is 19.4 Å². The molecule has 0 saturated carbocycles. The average Bonchev–Trinajstić information content (AvgIpc) is 2.28. The molecule has 0 aromatic heterocycles. The van der Waals surface area contributed by atoms with E-state index in [0.717, 1.165) is 5.69 Å². The van der Waals surface area contributed by atoms with Crippen LogP contribution in [0.15, 0.2) is 24.3 Å². The topological polar surface area (TPSA) is 64.3 Å². The first-order valence-corrected chi connectivity index (χ1v) is 5.31. The summed E-state index contributed by atoms with van der Waals surface area (Å²) < 4.78 is 0. The number of hydrogen-bond donors (Lipinski definition) is 1. The van der Waals surface area contributed by atoms with E-state index in [1.165, 1.54) is 0 Å². The molecule has 1 N–H and O–H groups in total. The lowest BCUT2D eigenvalue weighted by molar-refractivity contribution is -0.146. The Morgan fingerprint density at radius 2 is 2.18 bits per heavy atom. The summed E-state index contributed by atoms with van der Waals surface area (Å²) in [7, 11) is 1.82. The van der Waals surface area contributed by atoms with Crippen LogP contribution in [0.4, 0.5) is 5.69 Å². The quantitative estimate of drug-likeness (QED) is 0.863. The van der Waals surface area contributed by atoms with Gasteiger partial charge in [-0.05, 0) is 32.0 Å². The normalized spacial score (nSPS) is 10.7. The van der Waals surface area contributed by atoms with Gasteiger partial charge in [0.05, 0.1) is 17.0 Å². The highest BCUT2D eigenvalue weighted by molar-refractivity contribution is 5.74. The summed E-state index contributed by atoms with van der Waals surface area (Å²) in [6.07, 6.45) is 0. The Bertz CT molecular complexity index is 461. The average molecular weight is 232 g/mol. The smallest absolute Gasteiger partial charge is 0.310 e. The maximum absolute atomic E-state index is 11.0. The van der Waals surface area contributed by atoms with Gasteiger partial charge in [0, 0.05) is 19.3 Å². The summed E-state index contributed by atoms with van der Waals surface area (Å²) in [6.45, 7) is 3.75. The Morgan fingerprint density at radius 3 is 2.71 bits per heavy atom. The summed E-state index contributed by atoms with van der Waals surface area (Å²) >= 11 is 0. The highest BCUT2D eigenvalue weighted by atomic mass is 16.4. The first-order valence-electron chi connectivity index (χ1n) is 5.31. The predicted molar refractivity (Wildman–Crippen MR) is 65.8 cm³/mol. The molecule has 0 heterocycles. The van der Waals surface area contributed by atoms with Crippen molar-refractivity contribution in [3.05, 3.63) is 29.8 Å². The Hall–Kier alpha value is -2.02. The van der Waals surface area contributed by atoms with Crippen molar-refractivity contribution >= 4 is 11.7 Å². The first-order chi connectivity index (χ1) is 7.86. The molecule has 4 nitrogen and oxygen atoms in total. The zero-order valence-electron chi connectivity index (χ0n) is 10.3. The van der Waals surface area contributed by atoms with Gasteiger partial charge in [-0.15, -0.1) is 0 Å². The molecule has 0 atom stereocenters. The van der Waals surface area contributed by atoms with Gasteiger partial charge < -0.3 is 10.0 Å². The first kappa shape index (κ1) is 13.0. The van der Waals surface area contributed by atoms with Crippen LogP contribution in [0.3, 0.4) is 0 Å². The molecular weight excluding hydrogens is 216 g/mol. The van der Waals surface area contributed by atoms with Crippen LogP contribution in [0.25, 0.3) is 0 Å². The van der Waals surface area contributed by atoms with E-state index in [4.69, 9.17) is 10.4 Å². The summed E-state index contributed by atoms with van der Waals surface area (Å²) in [5.41, 5.74) is 0.595. The Labute approximate surface area is 101 Å². The molecule has 0 aliphatic carbocycles. The van der Waals surface area contributed by atoms with Crippen molar-refractivity contribution in [3.63, 3.8) is 0 Å². The molecule has 0 amide bonds. The standard InChI is InChI=1S/C13H16N2O2/c1-13(2,12(16)17)9-15(3)11-6-4-5-10(7-11)8-14/h4-7H,9H2,1-3H3,(H,16,17). The summed E-state index contributed by atoms with van der Waals surface area (Å²) in [4.78, 5) is 12.9. The second-order valence-corrected chi connectivity index (χ2v) is 4.71. The van der Waals surface area contributed by atoms with E-state index in [1.807, 2.05) is 18.0 Å².